The van der Waals surface area contributed by atoms with Gasteiger partial charge in [0.1, 0.15) is 0 Å². The van der Waals surface area contributed by atoms with E-state index >= 15 is 0 Å². The van der Waals surface area contributed by atoms with E-state index in [1.54, 1.807) is 6.92 Å². The van der Waals surface area contributed by atoms with Crippen molar-refractivity contribution >= 4 is 39.1 Å². The maximum Gasteiger partial charge on any atom is 0.313 e. The lowest BCUT2D eigenvalue weighted by Crippen LogP contribution is -2.41. The Morgan fingerprint density at radius 3 is 2.59 bits per heavy atom. The first-order valence-electron chi connectivity index (χ1n) is 8.39. The molecule has 1 aliphatic heterocycles. The lowest BCUT2D eigenvalue weighted by Gasteiger charge is -2.26. The summed E-state index contributed by atoms with van der Waals surface area (Å²) < 4.78 is 31.9. The molecule has 150 valence electrons. The van der Waals surface area contributed by atoms with E-state index in [0.29, 0.717) is 13.2 Å². The minimum atomic E-state index is -3.77. The summed E-state index contributed by atoms with van der Waals surface area (Å²) in [7, 11) is -3.77. The maximum absolute atomic E-state index is 12.7. The van der Waals surface area contributed by atoms with E-state index < -0.39 is 21.8 Å². The third-order valence-electron chi connectivity index (χ3n) is 4.03. The predicted molar refractivity (Wildman–Crippen MR) is 99.0 cm³/mol. The summed E-state index contributed by atoms with van der Waals surface area (Å²) >= 11 is 6.05. The van der Waals surface area contributed by atoms with E-state index in [0.717, 1.165) is 4.90 Å². The first-order valence-corrected chi connectivity index (χ1v) is 10.2. The number of amides is 2. The summed E-state index contributed by atoms with van der Waals surface area (Å²) in [6.45, 7) is 2.74. The molecule has 2 rings (SSSR count). The van der Waals surface area contributed by atoms with Gasteiger partial charge in [-0.3, -0.25) is 9.59 Å². The molecule has 9 nitrogen and oxygen atoms in total. The number of nitrogens with zero attached hydrogens (tertiary/aromatic N) is 2. The number of ether oxygens (including phenoxy) is 1. The van der Waals surface area contributed by atoms with Crippen molar-refractivity contribution < 1.29 is 27.9 Å². The van der Waals surface area contributed by atoms with E-state index in [9.17, 15) is 18.0 Å². The van der Waals surface area contributed by atoms with Crippen LogP contribution in [0.4, 0.5) is 5.69 Å². The molecule has 1 heterocycles. The summed E-state index contributed by atoms with van der Waals surface area (Å²) in [5.41, 5.74) is 0.0180. The van der Waals surface area contributed by atoms with Crippen LogP contribution in [0.3, 0.4) is 0 Å². The molecule has 2 amide bonds. The van der Waals surface area contributed by atoms with Crippen molar-refractivity contribution in [2.45, 2.75) is 11.8 Å². The van der Waals surface area contributed by atoms with Crippen molar-refractivity contribution in [3.8, 4) is 0 Å². The van der Waals surface area contributed by atoms with E-state index in [-0.39, 0.29) is 48.4 Å². The number of carbonyl (C=O) groups is 2. The van der Waals surface area contributed by atoms with Crippen LogP contribution in [0, 0.1) is 0 Å². The summed E-state index contributed by atoms with van der Waals surface area (Å²) in [6, 6.07) is 3.91. The molecule has 1 fully saturated rings. The number of hydrogen-bond donors (Lipinski definition) is 2. The largest absolute Gasteiger partial charge is 0.395 e. The number of likely N-dealkylation sites (N-methyl/N-ethyl adjacent to an activating group) is 1. The zero-order valence-corrected chi connectivity index (χ0v) is 16.4. The molecule has 11 heteroatoms. The molecule has 0 atom stereocenters. The molecule has 0 spiro atoms. The average Bonchev–Trinajstić information content (AvgIpc) is 2.67. The first kappa shape index (κ1) is 21.6. The van der Waals surface area contributed by atoms with Crippen LogP contribution in [0.5, 0.6) is 0 Å². The quantitative estimate of drug-likeness (QED) is 0.633. The van der Waals surface area contributed by atoms with Crippen LogP contribution in [0.1, 0.15) is 6.92 Å². The Balaban J connectivity index is 2.22. The molecule has 0 unspecified atom stereocenters. The van der Waals surface area contributed by atoms with Crippen LogP contribution in [0.25, 0.3) is 0 Å². The molecular formula is C16H22ClN3O6S. The van der Waals surface area contributed by atoms with Crippen molar-refractivity contribution in [1.29, 1.82) is 0 Å². The van der Waals surface area contributed by atoms with Gasteiger partial charge in [-0.05, 0) is 25.1 Å². The Kier molecular flexibility index (Phi) is 7.57. The van der Waals surface area contributed by atoms with Crippen molar-refractivity contribution in [2.75, 3.05) is 51.3 Å². The SMILES string of the molecule is CCN(CCO)C(=O)C(=O)Nc1cc(S(=O)(=O)N2CCOCC2)ccc1Cl. The monoisotopic (exact) mass is 419 g/mol. The van der Waals surface area contributed by atoms with Crippen LogP contribution in [0.15, 0.2) is 23.1 Å². The van der Waals surface area contributed by atoms with Gasteiger partial charge in [0.25, 0.3) is 0 Å². The molecule has 0 radical (unpaired) electrons. The summed E-state index contributed by atoms with van der Waals surface area (Å²) in [5, 5.41) is 11.4. The number of hydrogen-bond acceptors (Lipinski definition) is 6. The Hall–Kier alpha value is -1.72. The molecule has 1 aromatic carbocycles. The molecule has 0 saturated carbocycles. The number of morpholine rings is 1. The molecule has 27 heavy (non-hydrogen) atoms. The standard InChI is InChI=1S/C16H22ClN3O6S/c1-2-19(5-8-21)16(23)15(22)18-14-11-12(3-4-13(14)17)27(24,25)20-6-9-26-10-7-20/h3-4,11,21H,2,5-10H2,1H3,(H,18,22). The van der Waals surface area contributed by atoms with Crippen LogP contribution in [0.2, 0.25) is 5.02 Å². The van der Waals surface area contributed by atoms with Crippen molar-refractivity contribution in [1.82, 2.24) is 9.21 Å². The molecule has 1 aliphatic rings. The van der Waals surface area contributed by atoms with Crippen LogP contribution >= 0.6 is 11.6 Å². The first-order chi connectivity index (χ1) is 12.8. The molecule has 2 N–H and O–H groups in total. The summed E-state index contributed by atoms with van der Waals surface area (Å²) in [5.74, 6) is -1.81. The highest BCUT2D eigenvalue weighted by molar-refractivity contribution is 7.89. The highest BCUT2D eigenvalue weighted by Crippen LogP contribution is 2.27. The van der Waals surface area contributed by atoms with E-state index in [1.165, 1.54) is 22.5 Å². The second kappa shape index (κ2) is 9.47. The smallest absolute Gasteiger partial charge is 0.313 e. The van der Waals surface area contributed by atoms with Crippen LogP contribution in [-0.4, -0.2) is 80.5 Å². The summed E-state index contributed by atoms with van der Waals surface area (Å²) in [6.07, 6.45) is 0. The molecule has 1 aromatic rings. The number of sulfonamides is 1. The van der Waals surface area contributed by atoms with E-state index in [1.807, 2.05) is 0 Å². The van der Waals surface area contributed by atoms with Crippen LogP contribution in [-0.2, 0) is 24.3 Å². The molecular weight excluding hydrogens is 398 g/mol. The lowest BCUT2D eigenvalue weighted by atomic mass is 10.3. The van der Waals surface area contributed by atoms with Gasteiger partial charge in [-0.15, -0.1) is 0 Å². The third-order valence-corrected chi connectivity index (χ3v) is 6.25. The fraction of sp³-hybridized carbons (Fsp3) is 0.500. The lowest BCUT2D eigenvalue weighted by molar-refractivity contribution is -0.143. The number of nitrogens with one attached hydrogen (secondary N) is 1. The Bertz CT molecular complexity index is 795. The van der Waals surface area contributed by atoms with Gasteiger partial charge in [0, 0.05) is 26.2 Å². The number of carbonyl (C=O) groups excluding carboxylic acids is 2. The number of benzene rings is 1. The number of rotatable bonds is 6. The fourth-order valence-corrected chi connectivity index (χ4v) is 4.14. The van der Waals surface area contributed by atoms with E-state index in [2.05, 4.69) is 5.32 Å². The number of aliphatic hydroxyl groups excluding tert-OH is 1. The van der Waals surface area contributed by atoms with Gasteiger partial charge in [0.15, 0.2) is 0 Å². The van der Waals surface area contributed by atoms with Gasteiger partial charge in [-0.1, -0.05) is 11.6 Å². The number of aliphatic hydroxyl groups is 1. The van der Waals surface area contributed by atoms with Gasteiger partial charge in [-0.2, -0.15) is 4.31 Å². The molecule has 0 aromatic heterocycles. The van der Waals surface area contributed by atoms with Gasteiger partial charge in [0.05, 0.1) is 35.4 Å². The normalized spacial score (nSPS) is 15.4. The van der Waals surface area contributed by atoms with Crippen molar-refractivity contribution in [3.63, 3.8) is 0 Å². The summed E-state index contributed by atoms with van der Waals surface area (Å²) in [4.78, 5) is 25.4. The third kappa shape index (κ3) is 5.17. The maximum atomic E-state index is 12.7. The average molecular weight is 420 g/mol. The highest BCUT2D eigenvalue weighted by atomic mass is 35.5. The van der Waals surface area contributed by atoms with Gasteiger partial charge in [0.2, 0.25) is 10.0 Å². The van der Waals surface area contributed by atoms with Gasteiger partial charge in [-0.25, -0.2) is 8.42 Å². The Labute approximate surface area is 162 Å². The Morgan fingerprint density at radius 2 is 2.00 bits per heavy atom. The number of halogens is 1. The zero-order chi connectivity index (χ0) is 20.0. The highest BCUT2D eigenvalue weighted by Gasteiger charge is 2.28. The second-order valence-electron chi connectivity index (χ2n) is 5.72. The van der Waals surface area contributed by atoms with E-state index in [4.69, 9.17) is 21.4 Å². The van der Waals surface area contributed by atoms with Crippen molar-refractivity contribution in [3.05, 3.63) is 23.2 Å². The molecule has 0 bridgehead atoms. The fourth-order valence-electron chi connectivity index (χ4n) is 2.54. The minimum absolute atomic E-state index is 0.0158. The second-order valence-corrected chi connectivity index (χ2v) is 8.07. The minimum Gasteiger partial charge on any atom is -0.395 e. The van der Waals surface area contributed by atoms with Gasteiger partial charge >= 0.3 is 11.8 Å². The zero-order valence-electron chi connectivity index (χ0n) is 14.9. The van der Waals surface area contributed by atoms with Gasteiger partial charge < -0.3 is 20.1 Å². The molecule has 1 saturated heterocycles. The Morgan fingerprint density at radius 1 is 1.33 bits per heavy atom. The van der Waals surface area contributed by atoms with Crippen molar-refractivity contribution in [2.24, 2.45) is 0 Å². The molecule has 0 aliphatic carbocycles. The topological polar surface area (TPSA) is 116 Å². The number of anilines is 1. The van der Waals surface area contributed by atoms with Crippen LogP contribution < -0.4 is 5.32 Å². The predicted octanol–water partition coefficient (Wildman–Crippen LogP) is 0.140.